The fraction of sp³-hybridized carbons (Fsp3) is 0.118. The monoisotopic (exact) mass is 356 g/mol. The summed E-state index contributed by atoms with van der Waals surface area (Å²) in [6.07, 6.45) is 0. The van der Waals surface area contributed by atoms with Crippen LogP contribution in [0.1, 0.15) is 0 Å². The Morgan fingerprint density at radius 2 is 1.84 bits per heavy atom. The summed E-state index contributed by atoms with van der Waals surface area (Å²) in [5.74, 6) is 1.36. The van der Waals surface area contributed by atoms with E-state index in [1.165, 1.54) is 11.3 Å². The van der Waals surface area contributed by atoms with E-state index in [0.717, 1.165) is 5.56 Å². The molecule has 3 rings (SSSR count). The maximum atomic E-state index is 12.1. The molecule has 0 saturated heterocycles. The number of carbonyl (C=O) groups is 1. The lowest BCUT2D eigenvalue weighted by molar-refractivity contribution is 0.262. The van der Waals surface area contributed by atoms with E-state index in [-0.39, 0.29) is 0 Å². The third-order valence-corrected chi connectivity index (χ3v) is 4.18. The molecule has 2 aromatic carbocycles. The fourth-order valence-electron chi connectivity index (χ4n) is 2.16. The number of urea groups is 1. The van der Waals surface area contributed by atoms with Gasteiger partial charge in [0.05, 0.1) is 19.8 Å². The van der Waals surface area contributed by atoms with Crippen molar-refractivity contribution in [3.05, 3.63) is 48.5 Å². The first-order valence-electron chi connectivity index (χ1n) is 7.38. The van der Waals surface area contributed by atoms with E-state index in [9.17, 15) is 4.79 Å². The van der Waals surface area contributed by atoms with Crippen LogP contribution in [-0.2, 0) is 0 Å². The predicted octanol–water partition coefficient (Wildman–Crippen LogP) is 3.87. The molecule has 25 heavy (non-hydrogen) atoms. The van der Waals surface area contributed by atoms with Crippen LogP contribution in [0, 0.1) is 0 Å². The summed E-state index contributed by atoms with van der Waals surface area (Å²) in [5.41, 5.74) is 1.44. The molecule has 3 aromatic rings. The highest BCUT2D eigenvalue weighted by Crippen LogP contribution is 2.33. The van der Waals surface area contributed by atoms with Gasteiger partial charge in [0.2, 0.25) is 5.13 Å². The Morgan fingerprint density at radius 1 is 1.00 bits per heavy atom. The zero-order valence-electron chi connectivity index (χ0n) is 13.6. The Labute approximate surface area is 148 Å². The normalized spacial score (nSPS) is 10.2. The number of aromatic nitrogens is 2. The first-order chi connectivity index (χ1) is 12.2. The second-order valence-electron chi connectivity index (χ2n) is 4.92. The molecule has 128 valence electrons. The topological polar surface area (TPSA) is 85.4 Å². The van der Waals surface area contributed by atoms with Gasteiger partial charge in [0.15, 0.2) is 5.01 Å². The average Bonchev–Trinajstić information content (AvgIpc) is 3.09. The van der Waals surface area contributed by atoms with Crippen LogP contribution in [0.3, 0.4) is 0 Å². The van der Waals surface area contributed by atoms with Crippen LogP contribution in [0.2, 0.25) is 0 Å². The molecule has 0 aliphatic heterocycles. The van der Waals surface area contributed by atoms with Crippen molar-refractivity contribution in [3.8, 4) is 22.1 Å². The number of benzene rings is 2. The number of rotatable bonds is 5. The van der Waals surface area contributed by atoms with E-state index in [0.29, 0.717) is 27.3 Å². The van der Waals surface area contributed by atoms with Crippen LogP contribution in [0.15, 0.2) is 48.5 Å². The number of amides is 2. The van der Waals surface area contributed by atoms with Gasteiger partial charge in [0.25, 0.3) is 0 Å². The number of para-hydroxylation sites is 1. The Kier molecular flexibility index (Phi) is 5.10. The highest BCUT2D eigenvalue weighted by Gasteiger charge is 2.13. The smallest absolute Gasteiger partial charge is 0.325 e. The number of hydrogen-bond donors (Lipinski definition) is 2. The molecule has 7 nitrogen and oxygen atoms in total. The van der Waals surface area contributed by atoms with Gasteiger partial charge in [-0.25, -0.2) is 4.79 Å². The minimum atomic E-state index is -0.407. The molecule has 0 aliphatic rings. The van der Waals surface area contributed by atoms with E-state index in [4.69, 9.17) is 9.47 Å². The van der Waals surface area contributed by atoms with Gasteiger partial charge in [-0.15, -0.1) is 10.2 Å². The van der Waals surface area contributed by atoms with Crippen molar-refractivity contribution in [1.29, 1.82) is 0 Å². The largest absolute Gasteiger partial charge is 0.497 e. The molecule has 0 saturated carbocycles. The molecule has 0 atom stereocenters. The summed E-state index contributed by atoms with van der Waals surface area (Å²) in [5, 5.41) is 14.5. The van der Waals surface area contributed by atoms with Crippen molar-refractivity contribution >= 4 is 28.2 Å². The van der Waals surface area contributed by atoms with Crippen molar-refractivity contribution in [1.82, 2.24) is 10.2 Å². The van der Waals surface area contributed by atoms with Gasteiger partial charge in [-0.1, -0.05) is 29.5 Å². The third-order valence-electron chi connectivity index (χ3n) is 3.31. The molecule has 1 heterocycles. The van der Waals surface area contributed by atoms with E-state index < -0.39 is 6.03 Å². The molecule has 1 aromatic heterocycles. The van der Waals surface area contributed by atoms with Gasteiger partial charge in [0, 0.05) is 11.8 Å². The third kappa shape index (κ3) is 4.04. The van der Waals surface area contributed by atoms with Gasteiger partial charge in [-0.05, 0) is 24.3 Å². The molecular formula is C17H16N4O3S. The highest BCUT2D eigenvalue weighted by atomic mass is 32.1. The highest BCUT2D eigenvalue weighted by molar-refractivity contribution is 7.18. The summed E-state index contributed by atoms with van der Waals surface area (Å²) >= 11 is 1.26. The molecule has 2 N–H and O–H groups in total. The van der Waals surface area contributed by atoms with Gasteiger partial charge in [-0.3, -0.25) is 5.32 Å². The number of carbonyl (C=O) groups excluding carboxylic acids is 1. The lowest BCUT2D eigenvalue weighted by atomic mass is 10.2. The summed E-state index contributed by atoms with van der Waals surface area (Å²) in [6.45, 7) is 0. The lowest BCUT2D eigenvalue weighted by Crippen LogP contribution is -2.19. The Bertz CT molecular complexity index is 882. The number of nitrogens with zero attached hydrogens (tertiary/aromatic N) is 2. The van der Waals surface area contributed by atoms with Crippen LogP contribution >= 0.6 is 11.3 Å². The van der Waals surface area contributed by atoms with Gasteiger partial charge >= 0.3 is 6.03 Å². The first-order valence-corrected chi connectivity index (χ1v) is 8.20. The molecule has 0 radical (unpaired) electrons. The SMILES string of the molecule is COc1cccc(NC(=O)Nc2nnc(-c3ccccc3OC)s2)c1. The first kappa shape index (κ1) is 16.7. The summed E-state index contributed by atoms with van der Waals surface area (Å²) in [7, 11) is 3.17. The van der Waals surface area contributed by atoms with Gasteiger partial charge in [-0.2, -0.15) is 0 Å². The van der Waals surface area contributed by atoms with Crippen LogP contribution < -0.4 is 20.1 Å². The summed E-state index contributed by atoms with van der Waals surface area (Å²) in [6, 6.07) is 14.2. The van der Waals surface area contributed by atoms with E-state index in [1.807, 2.05) is 24.3 Å². The van der Waals surface area contributed by atoms with Crippen molar-refractivity contribution in [2.45, 2.75) is 0 Å². The molecule has 0 bridgehead atoms. The van der Waals surface area contributed by atoms with E-state index in [1.54, 1.807) is 38.5 Å². The number of anilines is 2. The van der Waals surface area contributed by atoms with E-state index >= 15 is 0 Å². The van der Waals surface area contributed by atoms with Gasteiger partial charge in [0.1, 0.15) is 11.5 Å². The molecule has 0 unspecified atom stereocenters. The summed E-state index contributed by atoms with van der Waals surface area (Å²) in [4.78, 5) is 12.1. The minimum Gasteiger partial charge on any atom is -0.497 e. The molecule has 0 aliphatic carbocycles. The minimum absolute atomic E-state index is 0.390. The van der Waals surface area contributed by atoms with Crippen molar-refractivity contribution in [2.24, 2.45) is 0 Å². The maximum Gasteiger partial charge on any atom is 0.325 e. The second-order valence-corrected chi connectivity index (χ2v) is 5.90. The zero-order chi connectivity index (χ0) is 17.6. The fourth-order valence-corrected chi connectivity index (χ4v) is 2.93. The molecule has 2 amide bonds. The predicted molar refractivity (Wildman–Crippen MR) is 97.5 cm³/mol. The number of methoxy groups -OCH3 is 2. The Morgan fingerprint density at radius 3 is 2.64 bits per heavy atom. The molecule has 0 spiro atoms. The number of ether oxygens (including phenoxy) is 2. The van der Waals surface area contributed by atoms with Gasteiger partial charge < -0.3 is 14.8 Å². The van der Waals surface area contributed by atoms with Crippen LogP contribution in [0.4, 0.5) is 15.6 Å². The van der Waals surface area contributed by atoms with E-state index in [2.05, 4.69) is 20.8 Å². The second kappa shape index (κ2) is 7.63. The Balaban J connectivity index is 1.69. The lowest BCUT2D eigenvalue weighted by Gasteiger charge is -2.06. The number of hydrogen-bond acceptors (Lipinski definition) is 6. The van der Waals surface area contributed by atoms with Crippen LogP contribution in [-0.4, -0.2) is 30.4 Å². The summed E-state index contributed by atoms with van der Waals surface area (Å²) < 4.78 is 10.4. The molecular weight excluding hydrogens is 340 g/mol. The number of nitrogens with one attached hydrogen (secondary N) is 2. The quantitative estimate of drug-likeness (QED) is 0.725. The van der Waals surface area contributed by atoms with Crippen LogP contribution in [0.5, 0.6) is 11.5 Å². The zero-order valence-corrected chi connectivity index (χ0v) is 14.5. The van der Waals surface area contributed by atoms with Crippen molar-refractivity contribution in [2.75, 3.05) is 24.9 Å². The molecule has 8 heteroatoms. The molecule has 0 fully saturated rings. The Hall–Kier alpha value is -3.13. The van der Waals surface area contributed by atoms with Crippen LogP contribution in [0.25, 0.3) is 10.6 Å². The average molecular weight is 356 g/mol. The standard InChI is InChI=1S/C17H16N4O3S/c1-23-12-7-5-6-11(10-12)18-16(22)19-17-21-20-15(25-17)13-8-3-4-9-14(13)24-2/h3-10H,1-2H3,(H2,18,19,21,22). The van der Waals surface area contributed by atoms with Crippen molar-refractivity contribution < 1.29 is 14.3 Å². The van der Waals surface area contributed by atoms with Crippen molar-refractivity contribution in [3.63, 3.8) is 0 Å². The maximum absolute atomic E-state index is 12.1.